The third-order valence-electron chi connectivity index (χ3n) is 7.06. The molecule has 0 aromatic heterocycles. The number of rotatable bonds is 2. The fourth-order valence-corrected chi connectivity index (χ4v) is 6.68. The van der Waals surface area contributed by atoms with E-state index in [0.717, 1.165) is 23.2 Å². The van der Waals surface area contributed by atoms with Crippen molar-refractivity contribution in [3.63, 3.8) is 0 Å². The molecule has 4 aliphatic carbocycles. The first-order valence-corrected chi connectivity index (χ1v) is 9.29. The molecule has 0 spiro atoms. The zero-order valence-electron chi connectivity index (χ0n) is 14.2. The number of nitrogens with two attached hydrogens (primary N) is 2. The first-order valence-electron chi connectivity index (χ1n) is 9.29. The largest absolute Gasteiger partial charge is 0.399 e. The van der Waals surface area contributed by atoms with Crippen molar-refractivity contribution in [3.8, 4) is 0 Å². The van der Waals surface area contributed by atoms with E-state index < -0.39 is 0 Å². The summed E-state index contributed by atoms with van der Waals surface area (Å²) < 4.78 is 0. The van der Waals surface area contributed by atoms with Crippen molar-refractivity contribution in [1.29, 1.82) is 0 Å². The molecule has 2 nitrogen and oxygen atoms in total. The standard InChI is InChI=1S/C22H26N2/c23-19-5-1-3-17(8-19)21-10-15-7-16(11-21)13-22(12-15,14-21)18-4-2-6-20(24)9-18/h1-6,8-9,15-16H,7,10-14,23-24H2. The van der Waals surface area contributed by atoms with Crippen molar-refractivity contribution in [2.24, 2.45) is 11.8 Å². The summed E-state index contributed by atoms with van der Waals surface area (Å²) in [5, 5.41) is 0. The van der Waals surface area contributed by atoms with Crippen LogP contribution < -0.4 is 11.5 Å². The van der Waals surface area contributed by atoms with Crippen molar-refractivity contribution in [3.05, 3.63) is 59.7 Å². The molecule has 4 N–H and O–H groups in total. The normalized spacial score (nSPS) is 36.8. The monoisotopic (exact) mass is 318 g/mol. The number of nitrogen functional groups attached to an aromatic ring is 2. The molecule has 4 saturated carbocycles. The van der Waals surface area contributed by atoms with E-state index in [4.69, 9.17) is 11.5 Å². The van der Waals surface area contributed by atoms with Crippen LogP contribution in [0.2, 0.25) is 0 Å². The average molecular weight is 318 g/mol. The summed E-state index contributed by atoms with van der Waals surface area (Å²) in [4.78, 5) is 0. The predicted molar refractivity (Wildman–Crippen MR) is 99.7 cm³/mol. The fourth-order valence-electron chi connectivity index (χ4n) is 6.68. The Morgan fingerprint density at radius 1 is 0.708 bits per heavy atom. The molecule has 0 unspecified atom stereocenters. The first kappa shape index (κ1) is 14.4. The van der Waals surface area contributed by atoms with Gasteiger partial charge in [0.15, 0.2) is 0 Å². The quantitative estimate of drug-likeness (QED) is 0.793. The minimum Gasteiger partial charge on any atom is -0.399 e. The Morgan fingerprint density at radius 3 is 1.58 bits per heavy atom. The molecule has 4 aliphatic rings. The molecule has 4 bridgehead atoms. The van der Waals surface area contributed by atoms with E-state index in [1.807, 2.05) is 12.1 Å². The van der Waals surface area contributed by atoms with Crippen LogP contribution in [0.3, 0.4) is 0 Å². The van der Waals surface area contributed by atoms with E-state index >= 15 is 0 Å². The highest BCUT2D eigenvalue weighted by Crippen LogP contribution is 2.66. The predicted octanol–water partition coefficient (Wildman–Crippen LogP) is 4.64. The third kappa shape index (κ3) is 2.02. The average Bonchev–Trinajstić information content (AvgIpc) is 2.54. The highest BCUT2D eigenvalue weighted by Gasteiger charge is 2.58. The number of hydrogen-bond acceptors (Lipinski definition) is 2. The maximum Gasteiger partial charge on any atom is 0.0316 e. The van der Waals surface area contributed by atoms with Crippen LogP contribution in [-0.4, -0.2) is 0 Å². The molecule has 0 amide bonds. The van der Waals surface area contributed by atoms with Gasteiger partial charge in [0.2, 0.25) is 0 Å². The van der Waals surface area contributed by atoms with Crippen molar-refractivity contribution >= 4 is 11.4 Å². The SMILES string of the molecule is Nc1cccc(C23CC4CC(C2)CC(c2cccc(N)c2)(C4)C3)c1. The minimum absolute atomic E-state index is 0.323. The highest BCUT2D eigenvalue weighted by atomic mass is 14.6. The van der Waals surface area contributed by atoms with Gasteiger partial charge in [0.1, 0.15) is 0 Å². The second kappa shape index (κ2) is 4.78. The Balaban J connectivity index is 1.63. The van der Waals surface area contributed by atoms with Gasteiger partial charge in [0, 0.05) is 11.4 Å². The zero-order chi connectivity index (χ0) is 16.4. The molecule has 0 saturated heterocycles. The fraction of sp³-hybridized carbons (Fsp3) is 0.455. The highest BCUT2D eigenvalue weighted by molar-refractivity contribution is 5.48. The Labute approximate surface area is 144 Å². The molecule has 0 atom stereocenters. The molecule has 24 heavy (non-hydrogen) atoms. The van der Waals surface area contributed by atoms with Gasteiger partial charge in [-0.05, 0) is 96.6 Å². The molecule has 124 valence electrons. The van der Waals surface area contributed by atoms with Gasteiger partial charge in [-0.25, -0.2) is 0 Å². The van der Waals surface area contributed by atoms with Gasteiger partial charge >= 0.3 is 0 Å². The van der Waals surface area contributed by atoms with Crippen LogP contribution in [0.1, 0.15) is 49.7 Å². The van der Waals surface area contributed by atoms with Crippen LogP contribution in [0.4, 0.5) is 11.4 Å². The topological polar surface area (TPSA) is 52.0 Å². The van der Waals surface area contributed by atoms with Crippen LogP contribution in [0, 0.1) is 11.8 Å². The summed E-state index contributed by atoms with van der Waals surface area (Å²) in [5.74, 6) is 1.71. The van der Waals surface area contributed by atoms with Crippen LogP contribution >= 0.6 is 0 Å². The molecule has 2 aromatic rings. The van der Waals surface area contributed by atoms with Crippen LogP contribution in [0.25, 0.3) is 0 Å². The van der Waals surface area contributed by atoms with E-state index in [2.05, 4.69) is 36.4 Å². The smallest absolute Gasteiger partial charge is 0.0316 e. The number of anilines is 2. The second-order valence-electron chi connectivity index (χ2n) is 8.77. The maximum absolute atomic E-state index is 6.12. The molecular formula is C22H26N2. The van der Waals surface area contributed by atoms with Crippen molar-refractivity contribution < 1.29 is 0 Å². The van der Waals surface area contributed by atoms with Gasteiger partial charge in [0.25, 0.3) is 0 Å². The zero-order valence-corrected chi connectivity index (χ0v) is 14.2. The summed E-state index contributed by atoms with van der Waals surface area (Å²) in [6.07, 6.45) is 8.07. The third-order valence-corrected chi connectivity index (χ3v) is 7.06. The summed E-state index contributed by atoms with van der Waals surface area (Å²) in [6, 6.07) is 17.4. The molecule has 2 heteroatoms. The number of hydrogen-bond donors (Lipinski definition) is 2. The van der Waals surface area contributed by atoms with Gasteiger partial charge in [-0.1, -0.05) is 24.3 Å². The van der Waals surface area contributed by atoms with Crippen LogP contribution in [0.5, 0.6) is 0 Å². The summed E-state index contributed by atoms with van der Waals surface area (Å²) in [7, 11) is 0. The maximum atomic E-state index is 6.12. The van der Waals surface area contributed by atoms with E-state index in [0.29, 0.717) is 10.8 Å². The molecule has 0 radical (unpaired) electrons. The second-order valence-corrected chi connectivity index (χ2v) is 8.77. The lowest BCUT2D eigenvalue weighted by molar-refractivity contribution is -0.0280. The van der Waals surface area contributed by atoms with E-state index in [1.54, 1.807) is 0 Å². The van der Waals surface area contributed by atoms with Gasteiger partial charge < -0.3 is 11.5 Å². The van der Waals surface area contributed by atoms with E-state index in [-0.39, 0.29) is 0 Å². The molecule has 4 fully saturated rings. The van der Waals surface area contributed by atoms with Gasteiger partial charge in [-0.2, -0.15) is 0 Å². The summed E-state index contributed by atoms with van der Waals surface area (Å²) in [6.45, 7) is 0. The van der Waals surface area contributed by atoms with Crippen molar-refractivity contribution in [1.82, 2.24) is 0 Å². The lowest BCUT2D eigenvalue weighted by Crippen LogP contribution is -2.55. The lowest BCUT2D eigenvalue weighted by atomic mass is 9.41. The van der Waals surface area contributed by atoms with Gasteiger partial charge in [0.05, 0.1) is 0 Å². The van der Waals surface area contributed by atoms with Gasteiger partial charge in [-0.3, -0.25) is 0 Å². The van der Waals surface area contributed by atoms with Crippen LogP contribution in [0.15, 0.2) is 48.5 Å². The molecule has 6 rings (SSSR count). The van der Waals surface area contributed by atoms with Crippen molar-refractivity contribution in [2.45, 2.75) is 49.4 Å². The summed E-state index contributed by atoms with van der Waals surface area (Å²) >= 11 is 0. The molecule has 0 heterocycles. The first-order chi connectivity index (χ1) is 11.6. The van der Waals surface area contributed by atoms with Crippen LogP contribution in [-0.2, 0) is 10.8 Å². The Morgan fingerprint density at radius 2 is 1.17 bits per heavy atom. The molecular weight excluding hydrogens is 292 g/mol. The molecule has 2 aromatic carbocycles. The van der Waals surface area contributed by atoms with Gasteiger partial charge in [-0.15, -0.1) is 0 Å². The Hall–Kier alpha value is -1.96. The lowest BCUT2D eigenvalue weighted by Gasteiger charge is -2.63. The minimum atomic E-state index is 0.323. The van der Waals surface area contributed by atoms with E-state index in [1.165, 1.54) is 49.7 Å². The molecule has 0 aliphatic heterocycles. The Kier molecular flexibility index (Phi) is 2.87. The van der Waals surface area contributed by atoms with E-state index in [9.17, 15) is 0 Å². The summed E-state index contributed by atoms with van der Waals surface area (Å²) in [5.41, 5.74) is 17.7. The van der Waals surface area contributed by atoms with Crippen molar-refractivity contribution in [2.75, 3.05) is 11.5 Å². The Bertz CT molecular complexity index is 717. The number of benzene rings is 2.